The lowest BCUT2D eigenvalue weighted by Gasteiger charge is -2.37. The number of alkyl halides is 1. The van der Waals surface area contributed by atoms with Crippen LogP contribution in [-0.2, 0) is 14.6 Å². The number of nitrogens with one attached hydrogen (secondary N) is 1. The molecular formula is C13H22ClN3O3S. The Labute approximate surface area is 130 Å². The van der Waals surface area contributed by atoms with E-state index >= 15 is 0 Å². The zero-order valence-corrected chi connectivity index (χ0v) is 13.4. The molecule has 3 saturated heterocycles. The second kappa shape index (κ2) is 5.68. The SMILES string of the molecule is NC1CC2CCC(C1)N2CC(=O)NC1CS(=O)(=O)CC1Cl. The molecule has 3 aliphatic heterocycles. The Balaban J connectivity index is 1.56. The molecule has 21 heavy (non-hydrogen) atoms. The summed E-state index contributed by atoms with van der Waals surface area (Å²) in [5.74, 6) is -0.233. The molecule has 0 aromatic rings. The third-order valence-electron chi connectivity index (χ3n) is 4.88. The average Bonchev–Trinajstić information content (AvgIpc) is 2.75. The second-order valence-corrected chi connectivity index (χ2v) is 9.27. The van der Waals surface area contributed by atoms with E-state index < -0.39 is 21.3 Å². The standard InChI is InChI=1S/C13H22ClN3O3S/c14-11-6-21(19,20)7-12(11)16-13(18)5-17-9-1-2-10(17)4-8(15)3-9/h8-12H,1-7,15H2,(H,16,18). The van der Waals surface area contributed by atoms with Crippen molar-refractivity contribution in [3.8, 4) is 0 Å². The molecule has 0 aliphatic carbocycles. The molecule has 3 N–H and O–H groups in total. The van der Waals surface area contributed by atoms with E-state index in [0.29, 0.717) is 18.6 Å². The molecule has 1 amide bonds. The molecule has 0 aromatic heterocycles. The predicted molar refractivity (Wildman–Crippen MR) is 81.0 cm³/mol. The molecule has 3 heterocycles. The molecule has 2 bridgehead atoms. The quantitative estimate of drug-likeness (QED) is 0.676. The number of amides is 1. The van der Waals surface area contributed by atoms with Crippen molar-refractivity contribution in [3.63, 3.8) is 0 Å². The number of carbonyl (C=O) groups is 1. The Hall–Kier alpha value is -0.370. The van der Waals surface area contributed by atoms with E-state index in [-0.39, 0.29) is 23.5 Å². The van der Waals surface area contributed by atoms with Gasteiger partial charge in [-0.05, 0) is 25.7 Å². The maximum Gasteiger partial charge on any atom is 0.234 e. The fraction of sp³-hybridized carbons (Fsp3) is 0.923. The summed E-state index contributed by atoms with van der Waals surface area (Å²) in [4.78, 5) is 14.4. The van der Waals surface area contributed by atoms with Crippen molar-refractivity contribution in [1.29, 1.82) is 0 Å². The van der Waals surface area contributed by atoms with Gasteiger partial charge in [-0.15, -0.1) is 11.6 Å². The molecule has 4 unspecified atom stereocenters. The highest BCUT2D eigenvalue weighted by Crippen LogP contribution is 2.34. The van der Waals surface area contributed by atoms with Crippen LogP contribution in [0.4, 0.5) is 0 Å². The van der Waals surface area contributed by atoms with E-state index in [1.807, 2.05) is 0 Å². The topological polar surface area (TPSA) is 92.5 Å². The molecule has 3 fully saturated rings. The summed E-state index contributed by atoms with van der Waals surface area (Å²) in [6.45, 7) is 0.322. The molecule has 0 saturated carbocycles. The number of hydrogen-bond donors (Lipinski definition) is 2. The highest BCUT2D eigenvalue weighted by molar-refractivity contribution is 7.91. The summed E-state index contributed by atoms with van der Waals surface area (Å²) in [6.07, 6.45) is 4.09. The minimum Gasteiger partial charge on any atom is -0.350 e. The summed E-state index contributed by atoms with van der Waals surface area (Å²) in [5.41, 5.74) is 6.02. The Kier molecular flexibility index (Phi) is 4.20. The maximum absolute atomic E-state index is 12.2. The van der Waals surface area contributed by atoms with Gasteiger partial charge in [-0.1, -0.05) is 0 Å². The van der Waals surface area contributed by atoms with Crippen molar-refractivity contribution in [2.45, 2.75) is 55.2 Å². The molecule has 0 spiro atoms. The number of nitrogens with zero attached hydrogens (tertiary/aromatic N) is 1. The van der Waals surface area contributed by atoms with Gasteiger partial charge in [-0.2, -0.15) is 0 Å². The van der Waals surface area contributed by atoms with Crippen LogP contribution in [0, 0.1) is 0 Å². The van der Waals surface area contributed by atoms with Crippen molar-refractivity contribution in [3.05, 3.63) is 0 Å². The third kappa shape index (κ3) is 3.36. The Morgan fingerprint density at radius 2 is 1.86 bits per heavy atom. The minimum atomic E-state index is -3.12. The van der Waals surface area contributed by atoms with Crippen LogP contribution in [0.2, 0.25) is 0 Å². The summed E-state index contributed by atoms with van der Waals surface area (Å²) in [7, 11) is -3.12. The Morgan fingerprint density at radius 1 is 1.24 bits per heavy atom. The van der Waals surface area contributed by atoms with E-state index in [4.69, 9.17) is 17.3 Å². The lowest BCUT2D eigenvalue weighted by Crippen LogP contribution is -2.52. The van der Waals surface area contributed by atoms with E-state index in [1.165, 1.54) is 0 Å². The Bertz CT molecular complexity index is 513. The lowest BCUT2D eigenvalue weighted by atomic mass is 9.98. The van der Waals surface area contributed by atoms with Crippen molar-refractivity contribution >= 4 is 27.3 Å². The summed E-state index contributed by atoms with van der Waals surface area (Å²) < 4.78 is 23.0. The van der Waals surface area contributed by atoms with Gasteiger partial charge in [-0.25, -0.2) is 8.42 Å². The monoisotopic (exact) mass is 335 g/mol. The van der Waals surface area contributed by atoms with Crippen LogP contribution in [0.25, 0.3) is 0 Å². The number of piperidine rings is 1. The smallest absolute Gasteiger partial charge is 0.234 e. The van der Waals surface area contributed by atoms with Gasteiger partial charge in [0.05, 0.1) is 29.5 Å². The molecule has 3 rings (SSSR count). The van der Waals surface area contributed by atoms with Crippen molar-refractivity contribution in [2.75, 3.05) is 18.1 Å². The van der Waals surface area contributed by atoms with Gasteiger partial charge < -0.3 is 11.1 Å². The van der Waals surface area contributed by atoms with Crippen molar-refractivity contribution in [2.24, 2.45) is 5.73 Å². The van der Waals surface area contributed by atoms with Crippen molar-refractivity contribution in [1.82, 2.24) is 10.2 Å². The second-order valence-electron chi connectivity index (χ2n) is 6.56. The third-order valence-corrected chi connectivity index (χ3v) is 7.25. The molecule has 120 valence electrons. The molecular weight excluding hydrogens is 314 g/mol. The largest absolute Gasteiger partial charge is 0.350 e. The van der Waals surface area contributed by atoms with Crippen molar-refractivity contribution < 1.29 is 13.2 Å². The molecule has 0 aromatic carbocycles. The van der Waals surface area contributed by atoms with Gasteiger partial charge in [0.15, 0.2) is 9.84 Å². The first kappa shape index (κ1) is 15.5. The minimum absolute atomic E-state index is 0.0510. The summed E-state index contributed by atoms with van der Waals surface area (Å²) in [6, 6.07) is 0.565. The molecule has 3 aliphatic rings. The number of fused-ring (bicyclic) bond motifs is 2. The molecule has 4 atom stereocenters. The number of nitrogens with two attached hydrogens (primary N) is 1. The number of halogens is 1. The predicted octanol–water partition coefficient (Wildman–Crippen LogP) is -0.539. The molecule has 6 nitrogen and oxygen atoms in total. The zero-order valence-electron chi connectivity index (χ0n) is 11.9. The number of hydrogen-bond acceptors (Lipinski definition) is 5. The number of carbonyl (C=O) groups excluding carboxylic acids is 1. The van der Waals surface area contributed by atoms with Crippen LogP contribution in [0.1, 0.15) is 25.7 Å². The number of sulfone groups is 1. The Morgan fingerprint density at radius 3 is 2.38 bits per heavy atom. The van der Waals surface area contributed by atoms with Crippen LogP contribution in [0.15, 0.2) is 0 Å². The van der Waals surface area contributed by atoms with E-state index in [9.17, 15) is 13.2 Å². The zero-order chi connectivity index (χ0) is 15.2. The highest BCUT2D eigenvalue weighted by atomic mass is 35.5. The van der Waals surface area contributed by atoms with Gasteiger partial charge in [0.2, 0.25) is 5.91 Å². The van der Waals surface area contributed by atoms with E-state index in [0.717, 1.165) is 25.7 Å². The first-order valence-electron chi connectivity index (χ1n) is 7.49. The first-order chi connectivity index (χ1) is 9.84. The van der Waals surface area contributed by atoms with Gasteiger partial charge >= 0.3 is 0 Å². The van der Waals surface area contributed by atoms with Gasteiger partial charge in [-0.3, -0.25) is 9.69 Å². The molecule has 0 radical (unpaired) electrons. The maximum atomic E-state index is 12.2. The van der Waals surface area contributed by atoms with Gasteiger partial charge in [0, 0.05) is 18.1 Å². The first-order valence-corrected chi connectivity index (χ1v) is 9.75. The van der Waals surface area contributed by atoms with E-state index in [1.54, 1.807) is 0 Å². The average molecular weight is 336 g/mol. The van der Waals surface area contributed by atoms with Crippen LogP contribution < -0.4 is 11.1 Å². The number of rotatable bonds is 3. The molecule has 8 heteroatoms. The normalized spacial score (nSPS) is 42.1. The highest BCUT2D eigenvalue weighted by Gasteiger charge is 2.41. The fourth-order valence-corrected chi connectivity index (χ4v) is 6.48. The van der Waals surface area contributed by atoms with Crippen LogP contribution in [0.3, 0.4) is 0 Å². The van der Waals surface area contributed by atoms with Gasteiger partial charge in [0.1, 0.15) is 0 Å². The summed E-state index contributed by atoms with van der Waals surface area (Å²) >= 11 is 6.01. The van der Waals surface area contributed by atoms with E-state index in [2.05, 4.69) is 10.2 Å². The fourth-order valence-electron chi connectivity index (χ4n) is 3.93. The van der Waals surface area contributed by atoms with Crippen LogP contribution >= 0.6 is 11.6 Å². The lowest BCUT2D eigenvalue weighted by molar-refractivity contribution is -0.124. The van der Waals surface area contributed by atoms with Gasteiger partial charge in [0.25, 0.3) is 0 Å². The van der Waals surface area contributed by atoms with Crippen LogP contribution in [-0.4, -0.2) is 66.8 Å². The van der Waals surface area contributed by atoms with Crippen LogP contribution in [0.5, 0.6) is 0 Å². The summed E-state index contributed by atoms with van der Waals surface area (Å²) in [5, 5.41) is 2.27.